The fraction of sp³-hybridized carbons (Fsp3) is 0.818. The molecule has 0 saturated carbocycles. The van der Waals surface area contributed by atoms with E-state index in [4.69, 9.17) is 0 Å². The Kier molecular flexibility index (Phi) is 5.19. The van der Waals surface area contributed by atoms with Crippen LogP contribution in [-0.2, 0) is 4.79 Å². The molecule has 71 valence electrons. The second-order valence-electron chi connectivity index (χ2n) is 4.31. The molecule has 1 heteroatoms. The van der Waals surface area contributed by atoms with Crippen LogP contribution < -0.4 is 0 Å². The summed E-state index contributed by atoms with van der Waals surface area (Å²) in [4.78, 5) is 11.4. The molecule has 0 aliphatic heterocycles. The van der Waals surface area contributed by atoms with E-state index in [0.29, 0.717) is 0 Å². The Morgan fingerprint density at radius 1 is 1.25 bits per heavy atom. The lowest BCUT2D eigenvalue weighted by molar-refractivity contribution is -0.123. The monoisotopic (exact) mass is 169 g/mol. The minimum atomic E-state index is -0.188. The molecule has 0 N–H and O–H groups in total. The third kappa shape index (κ3) is 5.34. The maximum Gasteiger partial charge on any atom is 0.141 e. The quantitative estimate of drug-likeness (QED) is 0.576. The van der Waals surface area contributed by atoms with Crippen molar-refractivity contribution in [3.8, 4) is 0 Å². The van der Waals surface area contributed by atoms with Gasteiger partial charge < -0.3 is 0 Å². The summed E-state index contributed by atoms with van der Waals surface area (Å²) in [6.07, 6.45) is 6.39. The van der Waals surface area contributed by atoms with Crippen molar-refractivity contribution in [2.45, 2.75) is 53.4 Å². The molecule has 0 saturated heterocycles. The molecular weight excluding hydrogens is 148 g/mol. The van der Waals surface area contributed by atoms with Gasteiger partial charge in [0.1, 0.15) is 5.78 Å². The van der Waals surface area contributed by atoms with Crippen LogP contribution >= 0.6 is 0 Å². The number of Topliss-reactive ketones (excluding diaryl/α,β-unsaturated/α-hetero) is 1. The largest absolute Gasteiger partial charge is 0.299 e. The average Bonchev–Trinajstić information content (AvgIpc) is 1.96. The molecule has 0 aliphatic rings. The lowest BCUT2D eigenvalue weighted by Gasteiger charge is -2.15. The molecule has 0 rings (SSSR count). The number of unbranched alkanes of at least 4 members (excludes halogenated alkanes) is 3. The molecule has 0 fully saturated rings. The average molecular weight is 169 g/mol. The molecule has 0 aromatic heterocycles. The van der Waals surface area contributed by atoms with E-state index in [9.17, 15) is 4.79 Å². The van der Waals surface area contributed by atoms with Gasteiger partial charge in [0, 0.05) is 11.8 Å². The normalized spacial score (nSPS) is 11.7. The molecule has 0 atom stereocenters. The van der Waals surface area contributed by atoms with E-state index < -0.39 is 0 Å². The van der Waals surface area contributed by atoms with Gasteiger partial charge in [-0.3, -0.25) is 4.79 Å². The maximum atomic E-state index is 11.4. The van der Waals surface area contributed by atoms with E-state index in [0.717, 1.165) is 12.8 Å². The third-order valence-electron chi connectivity index (χ3n) is 1.88. The minimum Gasteiger partial charge on any atom is -0.299 e. The van der Waals surface area contributed by atoms with Gasteiger partial charge >= 0.3 is 0 Å². The van der Waals surface area contributed by atoms with Crippen LogP contribution in [0.3, 0.4) is 0 Å². The summed E-state index contributed by atoms with van der Waals surface area (Å²) in [6.45, 7) is 8.06. The number of carbonyl (C=O) groups is 1. The van der Waals surface area contributed by atoms with Crippen LogP contribution in [0, 0.1) is 11.8 Å². The standard InChI is InChI=1S/C11H21O/c1-5-6-7-8-9-10(12)11(2,3)4/h9H,5-8H2,1-4H3. The first-order valence-electron chi connectivity index (χ1n) is 4.86. The molecule has 1 nitrogen and oxygen atoms in total. The zero-order chi connectivity index (χ0) is 9.61. The second-order valence-corrected chi connectivity index (χ2v) is 4.31. The van der Waals surface area contributed by atoms with Gasteiger partial charge in [0.2, 0.25) is 0 Å². The van der Waals surface area contributed by atoms with Crippen molar-refractivity contribution in [1.82, 2.24) is 0 Å². The molecule has 0 aromatic rings. The highest BCUT2D eigenvalue weighted by molar-refractivity contribution is 5.91. The zero-order valence-electron chi connectivity index (χ0n) is 8.81. The molecule has 0 bridgehead atoms. The number of rotatable bonds is 5. The molecular formula is C11H21O. The summed E-state index contributed by atoms with van der Waals surface area (Å²) < 4.78 is 0. The predicted molar refractivity (Wildman–Crippen MR) is 52.9 cm³/mol. The fourth-order valence-corrected chi connectivity index (χ4v) is 0.934. The Morgan fingerprint density at radius 2 is 1.83 bits per heavy atom. The Labute approximate surface area is 76.6 Å². The first kappa shape index (κ1) is 11.7. The maximum absolute atomic E-state index is 11.4. The fourth-order valence-electron chi connectivity index (χ4n) is 0.934. The summed E-state index contributed by atoms with van der Waals surface area (Å²) in [5, 5.41) is 0. The van der Waals surface area contributed by atoms with Gasteiger partial charge in [-0.2, -0.15) is 0 Å². The van der Waals surface area contributed by atoms with Crippen LogP contribution in [0.4, 0.5) is 0 Å². The topological polar surface area (TPSA) is 17.1 Å². The zero-order valence-corrected chi connectivity index (χ0v) is 8.81. The molecule has 1 radical (unpaired) electrons. The van der Waals surface area contributed by atoms with Crippen LogP contribution in [-0.4, -0.2) is 5.78 Å². The van der Waals surface area contributed by atoms with Crippen molar-refractivity contribution in [3.63, 3.8) is 0 Å². The van der Waals surface area contributed by atoms with Gasteiger partial charge in [0.25, 0.3) is 0 Å². The summed E-state index contributed by atoms with van der Waals surface area (Å²) in [5.41, 5.74) is -0.188. The van der Waals surface area contributed by atoms with Crippen LogP contribution in [0.2, 0.25) is 0 Å². The van der Waals surface area contributed by atoms with Crippen LogP contribution in [0.25, 0.3) is 0 Å². The highest BCUT2D eigenvalue weighted by Crippen LogP contribution is 2.17. The summed E-state index contributed by atoms with van der Waals surface area (Å²) in [5.74, 6) is 0.276. The van der Waals surface area contributed by atoms with Crippen LogP contribution in [0.5, 0.6) is 0 Å². The molecule has 12 heavy (non-hydrogen) atoms. The van der Waals surface area contributed by atoms with Crippen molar-refractivity contribution in [3.05, 3.63) is 6.42 Å². The first-order chi connectivity index (χ1) is 5.48. The summed E-state index contributed by atoms with van der Waals surface area (Å²) in [7, 11) is 0. The van der Waals surface area contributed by atoms with Gasteiger partial charge in [0.05, 0.1) is 0 Å². The van der Waals surface area contributed by atoms with Crippen molar-refractivity contribution >= 4 is 5.78 Å². The molecule has 0 aromatic carbocycles. The van der Waals surface area contributed by atoms with Gasteiger partial charge in [-0.05, 0) is 6.42 Å². The van der Waals surface area contributed by atoms with Crippen LogP contribution in [0.15, 0.2) is 0 Å². The first-order valence-corrected chi connectivity index (χ1v) is 4.86. The van der Waals surface area contributed by atoms with E-state index in [-0.39, 0.29) is 11.2 Å². The predicted octanol–water partition coefficient (Wildman–Crippen LogP) is 3.39. The molecule has 0 spiro atoms. The van der Waals surface area contributed by atoms with Gasteiger partial charge in [-0.25, -0.2) is 0 Å². The molecule has 0 unspecified atom stereocenters. The molecule has 0 aliphatic carbocycles. The Morgan fingerprint density at radius 3 is 2.25 bits per heavy atom. The number of hydrogen-bond acceptors (Lipinski definition) is 1. The molecule has 0 heterocycles. The molecule has 0 amide bonds. The van der Waals surface area contributed by atoms with E-state index in [1.54, 1.807) is 0 Å². The highest BCUT2D eigenvalue weighted by atomic mass is 16.1. The SMILES string of the molecule is CCCCC[CH]C(=O)C(C)(C)C. The Hall–Kier alpha value is -0.330. The smallest absolute Gasteiger partial charge is 0.141 e. The van der Waals surface area contributed by atoms with E-state index in [1.165, 1.54) is 12.8 Å². The van der Waals surface area contributed by atoms with Crippen molar-refractivity contribution in [2.24, 2.45) is 5.41 Å². The van der Waals surface area contributed by atoms with Crippen molar-refractivity contribution in [1.29, 1.82) is 0 Å². The number of ketones is 1. The van der Waals surface area contributed by atoms with Gasteiger partial charge in [-0.15, -0.1) is 0 Å². The highest BCUT2D eigenvalue weighted by Gasteiger charge is 2.19. The lowest BCUT2D eigenvalue weighted by atomic mass is 9.88. The number of carbonyl (C=O) groups excluding carboxylic acids is 1. The van der Waals surface area contributed by atoms with Crippen LogP contribution in [0.1, 0.15) is 53.4 Å². The third-order valence-corrected chi connectivity index (χ3v) is 1.88. The van der Waals surface area contributed by atoms with E-state index >= 15 is 0 Å². The lowest BCUT2D eigenvalue weighted by Crippen LogP contribution is -2.20. The second kappa shape index (κ2) is 5.34. The van der Waals surface area contributed by atoms with E-state index in [2.05, 4.69) is 6.92 Å². The van der Waals surface area contributed by atoms with Crippen molar-refractivity contribution < 1.29 is 4.79 Å². The number of hydrogen-bond donors (Lipinski definition) is 0. The van der Waals surface area contributed by atoms with Gasteiger partial charge in [-0.1, -0.05) is 47.0 Å². The minimum absolute atomic E-state index is 0.188. The van der Waals surface area contributed by atoms with Crippen molar-refractivity contribution in [2.75, 3.05) is 0 Å². The summed E-state index contributed by atoms with van der Waals surface area (Å²) in [6, 6.07) is 0. The van der Waals surface area contributed by atoms with E-state index in [1.807, 2.05) is 27.2 Å². The summed E-state index contributed by atoms with van der Waals surface area (Å²) >= 11 is 0. The Bertz CT molecular complexity index is 130. The van der Waals surface area contributed by atoms with Gasteiger partial charge in [0.15, 0.2) is 0 Å². The Balaban J connectivity index is 3.45.